The minimum atomic E-state index is 1.09. The van der Waals surface area contributed by atoms with Crippen LogP contribution >= 0.6 is 0 Å². The van der Waals surface area contributed by atoms with E-state index in [1.807, 2.05) is 18.2 Å². The average Bonchev–Trinajstić information content (AvgIpc) is 2.40. The molecule has 2 aromatic carbocycles. The summed E-state index contributed by atoms with van der Waals surface area (Å²) in [5.41, 5.74) is 5.12. The molecule has 0 radical (unpaired) electrons. The van der Waals surface area contributed by atoms with Crippen LogP contribution in [0.3, 0.4) is 0 Å². The van der Waals surface area contributed by atoms with Gasteiger partial charge in [-0.05, 0) is 36.1 Å². The zero-order valence-electron chi connectivity index (χ0n) is 10.2. The van der Waals surface area contributed by atoms with Crippen LogP contribution in [0.15, 0.2) is 66.2 Å². The third kappa shape index (κ3) is 2.21. The lowest BCUT2D eigenvalue weighted by molar-refractivity contribution is 0.944. The molecule has 86 valence electrons. The smallest absolute Gasteiger partial charge is 0.0248 e. The first-order chi connectivity index (χ1) is 8.93. The second kappa shape index (κ2) is 4.94. The van der Waals surface area contributed by atoms with Gasteiger partial charge in [0.2, 0.25) is 0 Å². The summed E-state index contributed by atoms with van der Waals surface area (Å²) >= 11 is 0. The minimum Gasteiger partial charge on any atom is -0.0658 e. The van der Waals surface area contributed by atoms with Crippen LogP contribution in [0.4, 0.5) is 0 Å². The Morgan fingerprint density at radius 1 is 0.667 bits per heavy atom. The molecule has 0 unspecified atom stereocenters. The van der Waals surface area contributed by atoms with E-state index in [-0.39, 0.29) is 0 Å². The Morgan fingerprint density at radius 2 is 1.33 bits per heavy atom. The molecular weight excluding hydrogens is 216 g/mol. The highest BCUT2D eigenvalue weighted by molar-refractivity contribution is 5.77. The van der Waals surface area contributed by atoms with Crippen molar-refractivity contribution in [3.8, 4) is 11.8 Å². The predicted octanol–water partition coefficient (Wildman–Crippen LogP) is 4.29. The average molecular weight is 230 g/mol. The van der Waals surface area contributed by atoms with Gasteiger partial charge < -0.3 is 0 Å². The van der Waals surface area contributed by atoms with Crippen molar-refractivity contribution < 1.29 is 0 Å². The van der Waals surface area contributed by atoms with Crippen LogP contribution in [0.2, 0.25) is 0 Å². The Kier molecular flexibility index (Phi) is 2.98. The maximum absolute atomic E-state index is 3.31. The minimum absolute atomic E-state index is 1.09. The zero-order chi connectivity index (χ0) is 12.2. The molecule has 0 fully saturated rings. The normalized spacial score (nSPS) is 13.6. The summed E-state index contributed by atoms with van der Waals surface area (Å²) in [6.45, 7) is 0. The lowest BCUT2D eigenvalue weighted by atomic mass is 9.84. The highest BCUT2D eigenvalue weighted by Crippen LogP contribution is 2.35. The topological polar surface area (TPSA) is 0 Å². The second-order valence-corrected chi connectivity index (χ2v) is 4.44. The molecule has 0 saturated heterocycles. The molecule has 0 N–H and O–H groups in total. The molecule has 0 heterocycles. The van der Waals surface area contributed by atoms with Crippen molar-refractivity contribution in [3.63, 3.8) is 0 Å². The summed E-state index contributed by atoms with van der Waals surface area (Å²) in [5, 5.41) is 0. The second-order valence-electron chi connectivity index (χ2n) is 4.44. The van der Waals surface area contributed by atoms with Crippen LogP contribution in [0.25, 0.3) is 5.57 Å². The van der Waals surface area contributed by atoms with Crippen LogP contribution in [0, 0.1) is 11.8 Å². The fourth-order valence-corrected chi connectivity index (χ4v) is 2.14. The molecule has 0 atom stereocenters. The van der Waals surface area contributed by atoms with E-state index in [9.17, 15) is 0 Å². The maximum atomic E-state index is 3.31. The van der Waals surface area contributed by atoms with Crippen LogP contribution in [0.5, 0.6) is 0 Å². The van der Waals surface area contributed by atoms with E-state index in [0.717, 1.165) is 18.4 Å². The molecule has 0 heteroatoms. The van der Waals surface area contributed by atoms with Gasteiger partial charge in [-0.15, -0.1) is 0 Å². The van der Waals surface area contributed by atoms with Gasteiger partial charge in [-0.3, -0.25) is 0 Å². The molecule has 1 aliphatic carbocycles. The van der Waals surface area contributed by atoms with E-state index < -0.39 is 0 Å². The number of hydrogen-bond donors (Lipinski definition) is 0. The molecule has 0 nitrogen and oxygen atoms in total. The van der Waals surface area contributed by atoms with Crippen molar-refractivity contribution in [3.05, 3.63) is 77.4 Å². The summed E-state index contributed by atoms with van der Waals surface area (Å²) in [7, 11) is 0. The van der Waals surface area contributed by atoms with Crippen LogP contribution in [0.1, 0.15) is 24.0 Å². The largest absolute Gasteiger partial charge is 0.0658 e. The molecule has 2 aromatic rings. The van der Waals surface area contributed by atoms with Gasteiger partial charge in [-0.25, -0.2) is 0 Å². The van der Waals surface area contributed by atoms with Gasteiger partial charge in [-0.2, -0.15) is 0 Å². The molecule has 0 spiro atoms. The number of hydrogen-bond acceptors (Lipinski definition) is 0. The van der Waals surface area contributed by atoms with E-state index in [0.29, 0.717) is 0 Å². The van der Waals surface area contributed by atoms with E-state index in [2.05, 4.69) is 54.3 Å². The van der Waals surface area contributed by atoms with Gasteiger partial charge in [0, 0.05) is 11.1 Å². The molecule has 0 aromatic heterocycles. The lowest BCUT2D eigenvalue weighted by Gasteiger charge is -2.20. The standard InChI is InChI=1S/C18H14/c1-3-7-15(8-4-1)11-12-17-13-14-18(17)16-9-5-2-6-10-16/h1-10H,13-14H2. The van der Waals surface area contributed by atoms with Gasteiger partial charge >= 0.3 is 0 Å². The fourth-order valence-electron chi connectivity index (χ4n) is 2.14. The number of rotatable bonds is 1. The van der Waals surface area contributed by atoms with E-state index in [1.54, 1.807) is 0 Å². The van der Waals surface area contributed by atoms with Gasteiger partial charge in [0.15, 0.2) is 0 Å². The number of benzene rings is 2. The molecule has 18 heavy (non-hydrogen) atoms. The van der Waals surface area contributed by atoms with Crippen molar-refractivity contribution in [1.29, 1.82) is 0 Å². The Balaban J connectivity index is 1.89. The third-order valence-electron chi connectivity index (χ3n) is 3.24. The summed E-state index contributed by atoms with van der Waals surface area (Å²) in [6, 6.07) is 20.7. The Bertz CT molecular complexity index is 622. The first-order valence-electron chi connectivity index (χ1n) is 6.28. The highest BCUT2D eigenvalue weighted by Gasteiger charge is 2.16. The zero-order valence-corrected chi connectivity index (χ0v) is 10.2. The maximum Gasteiger partial charge on any atom is 0.0248 e. The Morgan fingerprint density at radius 3 is 1.94 bits per heavy atom. The van der Waals surface area contributed by atoms with Crippen molar-refractivity contribution in [1.82, 2.24) is 0 Å². The van der Waals surface area contributed by atoms with Crippen molar-refractivity contribution in [2.75, 3.05) is 0 Å². The van der Waals surface area contributed by atoms with E-state index in [1.165, 1.54) is 16.7 Å². The Labute approximate surface area is 108 Å². The molecule has 3 rings (SSSR count). The van der Waals surface area contributed by atoms with Gasteiger partial charge in [-0.1, -0.05) is 60.4 Å². The Hall–Kier alpha value is -2.26. The molecule has 0 amide bonds. The summed E-state index contributed by atoms with van der Waals surface area (Å²) in [5.74, 6) is 6.55. The fraction of sp³-hybridized carbons (Fsp3) is 0.111. The summed E-state index contributed by atoms with van der Waals surface area (Å²) in [6.07, 6.45) is 2.27. The van der Waals surface area contributed by atoms with Crippen molar-refractivity contribution in [2.45, 2.75) is 12.8 Å². The molecule has 0 bridgehead atoms. The predicted molar refractivity (Wildman–Crippen MR) is 75.9 cm³/mol. The van der Waals surface area contributed by atoms with Crippen molar-refractivity contribution >= 4 is 5.57 Å². The third-order valence-corrected chi connectivity index (χ3v) is 3.24. The highest BCUT2D eigenvalue weighted by atomic mass is 14.2. The van der Waals surface area contributed by atoms with Crippen LogP contribution < -0.4 is 0 Å². The summed E-state index contributed by atoms with van der Waals surface area (Å²) in [4.78, 5) is 0. The van der Waals surface area contributed by atoms with E-state index in [4.69, 9.17) is 0 Å². The molecule has 1 aliphatic rings. The van der Waals surface area contributed by atoms with E-state index >= 15 is 0 Å². The van der Waals surface area contributed by atoms with Gasteiger partial charge in [0.05, 0.1) is 0 Å². The van der Waals surface area contributed by atoms with Crippen LogP contribution in [-0.2, 0) is 0 Å². The molecule has 0 saturated carbocycles. The van der Waals surface area contributed by atoms with Gasteiger partial charge in [0.25, 0.3) is 0 Å². The van der Waals surface area contributed by atoms with Crippen LogP contribution in [-0.4, -0.2) is 0 Å². The van der Waals surface area contributed by atoms with Crippen molar-refractivity contribution in [2.24, 2.45) is 0 Å². The summed E-state index contributed by atoms with van der Waals surface area (Å²) < 4.78 is 0. The SMILES string of the molecule is C(#Cc1ccccc1)C1=C(c2ccccc2)CC1. The monoisotopic (exact) mass is 230 g/mol. The first-order valence-corrected chi connectivity index (χ1v) is 6.28. The molecule has 0 aliphatic heterocycles. The number of allylic oxidation sites excluding steroid dienone is 2. The molecular formula is C18H14. The first kappa shape index (κ1) is 10.9. The van der Waals surface area contributed by atoms with Gasteiger partial charge in [0.1, 0.15) is 0 Å². The lowest BCUT2D eigenvalue weighted by Crippen LogP contribution is -2.01. The quantitative estimate of drug-likeness (QED) is 0.641.